The van der Waals surface area contributed by atoms with Gasteiger partial charge in [0.05, 0.1) is 0 Å². The van der Waals surface area contributed by atoms with Crippen molar-refractivity contribution in [2.24, 2.45) is 10.8 Å². The Morgan fingerprint density at radius 1 is 1.00 bits per heavy atom. The monoisotopic (exact) mass is 199 g/mol. The molecule has 2 nitrogen and oxygen atoms in total. The second-order valence-corrected chi connectivity index (χ2v) is 6.55. The van der Waals surface area contributed by atoms with Crippen molar-refractivity contribution in [3.63, 3.8) is 0 Å². The van der Waals surface area contributed by atoms with Crippen molar-refractivity contribution >= 4 is 5.91 Å². The van der Waals surface area contributed by atoms with Gasteiger partial charge < -0.3 is 4.90 Å². The highest BCUT2D eigenvalue weighted by molar-refractivity contribution is 5.76. The molecule has 0 radical (unpaired) electrons. The van der Waals surface area contributed by atoms with Gasteiger partial charge in [-0.3, -0.25) is 4.79 Å². The van der Waals surface area contributed by atoms with Gasteiger partial charge in [-0.25, -0.2) is 0 Å². The van der Waals surface area contributed by atoms with Crippen LogP contribution in [0.4, 0.5) is 0 Å². The standard InChI is InChI=1S/C12H25NO/c1-11(2,3)8-10(14)13(7)9-12(4,5)6/h8-9H2,1-7H3. The van der Waals surface area contributed by atoms with Crippen molar-refractivity contribution in [1.29, 1.82) is 0 Å². The number of nitrogens with zero attached hydrogens (tertiary/aromatic N) is 1. The predicted octanol–water partition coefficient (Wildman–Crippen LogP) is 2.93. The molecule has 2 heteroatoms. The molecule has 0 fully saturated rings. The first-order valence-corrected chi connectivity index (χ1v) is 5.25. The molecule has 0 aromatic heterocycles. The van der Waals surface area contributed by atoms with E-state index in [-0.39, 0.29) is 16.7 Å². The van der Waals surface area contributed by atoms with Crippen LogP contribution in [0.2, 0.25) is 0 Å². The number of amides is 1. The van der Waals surface area contributed by atoms with Crippen molar-refractivity contribution in [3.8, 4) is 0 Å². The molecular formula is C12H25NO. The lowest BCUT2D eigenvalue weighted by Gasteiger charge is -2.29. The van der Waals surface area contributed by atoms with Crippen LogP contribution in [-0.4, -0.2) is 24.4 Å². The summed E-state index contributed by atoms with van der Waals surface area (Å²) in [6, 6.07) is 0. The van der Waals surface area contributed by atoms with Crippen LogP contribution in [0.1, 0.15) is 48.0 Å². The first-order valence-electron chi connectivity index (χ1n) is 5.25. The quantitative estimate of drug-likeness (QED) is 0.669. The third kappa shape index (κ3) is 6.93. The van der Waals surface area contributed by atoms with E-state index in [0.29, 0.717) is 6.42 Å². The zero-order chi connectivity index (χ0) is 11.6. The second-order valence-electron chi connectivity index (χ2n) is 6.55. The lowest BCUT2D eigenvalue weighted by atomic mass is 9.90. The lowest BCUT2D eigenvalue weighted by molar-refractivity contribution is -0.132. The maximum atomic E-state index is 11.8. The molecule has 0 aliphatic heterocycles. The van der Waals surface area contributed by atoms with Crippen LogP contribution in [-0.2, 0) is 4.79 Å². The summed E-state index contributed by atoms with van der Waals surface area (Å²) in [5, 5.41) is 0. The topological polar surface area (TPSA) is 20.3 Å². The van der Waals surface area contributed by atoms with Crippen molar-refractivity contribution < 1.29 is 4.79 Å². The molecule has 0 heterocycles. The molecule has 0 spiro atoms. The van der Waals surface area contributed by atoms with E-state index in [4.69, 9.17) is 0 Å². The summed E-state index contributed by atoms with van der Waals surface area (Å²) in [5.41, 5.74) is 0.269. The molecule has 0 saturated carbocycles. The van der Waals surface area contributed by atoms with Gasteiger partial charge in [-0.1, -0.05) is 41.5 Å². The molecular weight excluding hydrogens is 174 g/mol. The zero-order valence-corrected chi connectivity index (χ0v) is 10.8. The van der Waals surface area contributed by atoms with Gasteiger partial charge in [-0.15, -0.1) is 0 Å². The molecule has 0 aromatic rings. The molecule has 0 N–H and O–H groups in total. The Labute approximate surface area is 88.7 Å². The van der Waals surface area contributed by atoms with Crippen LogP contribution >= 0.6 is 0 Å². The molecule has 0 bridgehead atoms. The molecule has 0 rings (SSSR count). The second kappa shape index (κ2) is 4.33. The third-order valence-corrected chi connectivity index (χ3v) is 1.82. The molecule has 0 aromatic carbocycles. The minimum Gasteiger partial charge on any atom is -0.345 e. The molecule has 0 aliphatic rings. The lowest BCUT2D eigenvalue weighted by Crippen LogP contribution is -2.36. The smallest absolute Gasteiger partial charge is 0.222 e. The van der Waals surface area contributed by atoms with Gasteiger partial charge >= 0.3 is 0 Å². The van der Waals surface area contributed by atoms with E-state index < -0.39 is 0 Å². The Hall–Kier alpha value is -0.530. The van der Waals surface area contributed by atoms with E-state index in [1.54, 1.807) is 0 Å². The molecule has 14 heavy (non-hydrogen) atoms. The molecule has 0 saturated heterocycles. The SMILES string of the molecule is CN(CC(C)(C)C)C(=O)CC(C)(C)C. The summed E-state index contributed by atoms with van der Waals surface area (Å²) in [6.07, 6.45) is 0.625. The van der Waals surface area contributed by atoms with Crippen LogP contribution in [0.25, 0.3) is 0 Å². The van der Waals surface area contributed by atoms with Crippen molar-refractivity contribution in [2.75, 3.05) is 13.6 Å². The highest BCUT2D eigenvalue weighted by Crippen LogP contribution is 2.21. The largest absolute Gasteiger partial charge is 0.345 e. The van der Waals surface area contributed by atoms with Gasteiger partial charge in [0.15, 0.2) is 0 Å². The highest BCUT2D eigenvalue weighted by Gasteiger charge is 2.22. The third-order valence-electron chi connectivity index (χ3n) is 1.82. The average molecular weight is 199 g/mol. The molecule has 1 amide bonds. The fourth-order valence-electron chi connectivity index (χ4n) is 1.39. The minimum atomic E-state index is 0.0865. The maximum absolute atomic E-state index is 11.8. The minimum absolute atomic E-state index is 0.0865. The van der Waals surface area contributed by atoms with Gasteiger partial charge in [-0.05, 0) is 10.8 Å². The highest BCUT2D eigenvalue weighted by atomic mass is 16.2. The summed E-state index contributed by atoms with van der Waals surface area (Å²) < 4.78 is 0. The summed E-state index contributed by atoms with van der Waals surface area (Å²) in [4.78, 5) is 13.6. The Balaban J connectivity index is 4.15. The van der Waals surface area contributed by atoms with Gasteiger partial charge in [0.2, 0.25) is 5.91 Å². The first-order chi connectivity index (χ1) is 6.01. The Bertz CT molecular complexity index is 195. The fraction of sp³-hybridized carbons (Fsp3) is 0.917. The molecule has 0 atom stereocenters. The summed E-state index contributed by atoms with van der Waals surface area (Å²) in [5.74, 6) is 0.243. The van der Waals surface area contributed by atoms with Crippen LogP contribution < -0.4 is 0 Å². The van der Waals surface area contributed by atoms with E-state index in [9.17, 15) is 4.79 Å². The number of carbonyl (C=O) groups is 1. The van der Waals surface area contributed by atoms with Gasteiger partial charge in [-0.2, -0.15) is 0 Å². The van der Waals surface area contributed by atoms with Gasteiger partial charge in [0.25, 0.3) is 0 Å². The average Bonchev–Trinajstić information content (AvgIpc) is 1.78. The van der Waals surface area contributed by atoms with E-state index in [1.807, 2.05) is 11.9 Å². The molecule has 84 valence electrons. The summed E-state index contributed by atoms with van der Waals surface area (Å²) >= 11 is 0. The zero-order valence-electron chi connectivity index (χ0n) is 10.8. The first kappa shape index (κ1) is 13.5. The van der Waals surface area contributed by atoms with Crippen molar-refractivity contribution in [1.82, 2.24) is 4.90 Å². The number of rotatable bonds is 2. The Morgan fingerprint density at radius 2 is 1.43 bits per heavy atom. The van der Waals surface area contributed by atoms with Crippen molar-refractivity contribution in [2.45, 2.75) is 48.0 Å². The van der Waals surface area contributed by atoms with Crippen LogP contribution in [0.15, 0.2) is 0 Å². The summed E-state index contributed by atoms with van der Waals surface area (Å²) in [7, 11) is 1.89. The van der Waals surface area contributed by atoms with Crippen LogP contribution in [0, 0.1) is 10.8 Å². The normalized spacial score (nSPS) is 12.8. The van der Waals surface area contributed by atoms with Crippen LogP contribution in [0.3, 0.4) is 0 Å². The number of hydrogen-bond acceptors (Lipinski definition) is 1. The Kier molecular flexibility index (Phi) is 4.16. The Morgan fingerprint density at radius 3 is 1.71 bits per heavy atom. The van der Waals surface area contributed by atoms with E-state index in [0.717, 1.165) is 6.54 Å². The van der Waals surface area contributed by atoms with E-state index in [1.165, 1.54) is 0 Å². The summed E-state index contributed by atoms with van der Waals surface area (Å²) in [6.45, 7) is 13.5. The fourth-order valence-corrected chi connectivity index (χ4v) is 1.39. The molecule has 0 unspecified atom stereocenters. The molecule has 0 aliphatic carbocycles. The van der Waals surface area contributed by atoms with Crippen molar-refractivity contribution in [3.05, 3.63) is 0 Å². The van der Waals surface area contributed by atoms with E-state index >= 15 is 0 Å². The van der Waals surface area contributed by atoms with Gasteiger partial charge in [0, 0.05) is 20.0 Å². The number of carbonyl (C=O) groups excluding carboxylic acids is 1. The number of hydrogen-bond donors (Lipinski definition) is 0. The van der Waals surface area contributed by atoms with Crippen LogP contribution in [0.5, 0.6) is 0 Å². The predicted molar refractivity (Wildman–Crippen MR) is 61.2 cm³/mol. The maximum Gasteiger partial charge on any atom is 0.222 e. The van der Waals surface area contributed by atoms with E-state index in [2.05, 4.69) is 41.5 Å². The van der Waals surface area contributed by atoms with Gasteiger partial charge in [0.1, 0.15) is 0 Å².